The first-order valence-electron chi connectivity index (χ1n) is 5.45. The van der Waals surface area contributed by atoms with E-state index in [2.05, 4.69) is 0 Å². The van der Waals surface area contributed by atoms with Crippen molar-refractivity contribution in [3.8, 4) is 11.5 Å². The molecule has 0 spiro atoms. The van der Waals surface area contributed by atoms with Gasteiger partial charge in [0.15, 0.2) is 6.10 Å². The van der Waals surface area contributed by atoms with Crippen LogP contribution in [0.4, 0.5) is 0 Å². The highest BCUT2D eigenvalue weighted by molar-refractivity contribution is 5.43. The van der Waals surface area contributed by atoms with Crippen molar-refractivity contribution in [3.63, 3.8) is 0 Å². The molecule has 1 aliphatic rings. The summed E-state index contributed by atoms with van der Waals surface area (Å²) < 4.78 is 11.0. The Morgan fingerprint density at radius 3 is 2.88 bits per heavy atom. The highest BCUT2D eigenvalue weighted by Crippen LogP contribution is 2.42. The summed E-state index contributed by atoms with van der Waals surface area (Å²) in [6, 6.07) is 8.31. The lowest BCUT2D eigenvalue weighted by atomic mass is 9.98. The fraction of sp³-hybridized carbons (Fsp3) is 0.231. The predicted octanol–water partition coefficient (Wildman–Crippen LogP) is 2.54. The van der Waals surface area contributed by atoms with Gasteiger partial charge in [-0.25, -0.2) is 0 Å². The van der Waals surface area contributed by atoms with Crippen molar-refractivity contribution in [1.29, 1.82) is 0 Å². The quantitative estimate of drug-likeness (QED) is 0.793. The molecule has 0 unspecified atom stereocenters. The number of aliphatic hydroxyl groups excluding tert-OH is 1. The van der Waals surface area contributed by atoms with Crippen LogP contribution in [0.2, 0.25) is 0 Å². The summed E-state index contributed by atoms with van der Waals surface area (Å²) in [5.41, 5.74) is 0.700. The number of hydrogen-bond acceptors (Lipinski definition) is 4. The zero-order chi connectivity index (χ0) is 11.8. The van der Waals surface area contributed by atoms with Crippen molar-refractivity contribution in [1.82, 2.24) is 0 Å². The molecular formula is C13H12O4. The minimum atomic E-state index is -0.602. The van der Waals surface area contributed by atoms with Crippen LogP contribution < -0.4 is 4.74 Å². The third-order valence-electron chi connectivity index (χ3n) is 2.92. The largest absolute Gasteiger partial charge is 0.508 e. The van der Waals surface area contributed by atoms with Crippen LogP contribution in [0.3, 0.4) is 0 Å². The zero-order valence-electron chi connectivity index (χ0n) is 9.04. The van der Waals surface area contributed by atoms with Gasteiger partial charge in [-0.3, -0.25) is 0 Å². The first kappa shape index (κ1) is 10.2. The van der Waals surface area contributed by atoms with Crippen LogP contribution in [-0.4, -0.2) is 10.2 Å². The molecule has 0 saturated heterocycles. The van der Waals surface area contributed by atoms with Gasteiger partial charge in [-0.15, -0.1) is 0 Å². The maximum absolute atomic E-state index is 10.0. The summed E-state index contributed by atoms with van der Waals surface area (Å²) in [4.78, 5) is 0. The molecule has 2 atom stereocenters. The van der Waals surface area contributed by atoms with Crippen LogP contribution >= 0.6 is 0 Å². The van der Waals surface area contributed by atoms with E-state index < -0.39 is 6.10 Å². The van der Waals surface area contributed by atoms with Crippen molar-refractivity contribution in [2.45, 2.75) is 18.6 Å². The third kappa shape index (κ3) is 1.76. The molecule has 0 aliphatic carbocycles. The van der Waals surface area contributed by atoms with Crippen LogP contribution in [0, 0.1) is 0 Å². The van der Waals surface area contributed by atoms with Gasteiger partial charge in [0, 0.05) is 18.1 Å². The molecule has 3 rings (SSSR count). The monoisotopic (exact) mass is 232 g/mol. The molecule has 88 valence electrons. The molecule has 1 aromatic carbocycles. The Kier molecular flexibility index (Phi) is 2.30. The second-order valence-corrected chi connectivity index (χ2v) is 4.10. The van der Waals surface area contributed by atoms with Crippen LogP contribution in [0.25, 0.3) is 0 Å². The van der Waals surface area contributed by atoms with Crippen molar-refractivity contribution >= 4 is 0 Å². The Balaban J connectivity index is 1.97. The van der Waals surface area contributed by atoms with E-state index in [4.69, 9.17) is 9.15 Å². The topological polar surface area (TPSA) is 62.8 Å². The summed E-state index contributed by atoms with van der Waals surface area (Å²) >= 11 is 0. The molecule has 0 bridgehead atoms. The number of furan rings is 1. The molecule has 0 saturated carbocycles. The molecule has 2 aromatic rings. The fourth-order valence-corrected chi connectivity index (χ4v) is 2.08. The van der Waals surface area contributed by atoms with E-state index in [0.717, 1.165) is 0 Å². The summed E-state index contributed by atoms with van der Waals surface area (Å²) in [6.45, 7) is 0. The summed E-state index contributed by atoms with van der Waals surface area (Å²) in [7, 11) is 0. The van der Waals surface area contributed by atoms with Gasteiger partial charge < -0.3 is 19.4 Å². The number of rotatable bonds is 1. The smallest absolute Gasteiger partial charge is 0.159 e. The van der Waals surface area contributed by atoms with Crippen molar-refractivity contribution < 1.29 is 19.4 Å². The second-order valence-electron chi connectivity index (χ2n) is 4.10. The van der Waals surface area contributed by atoms with E-state index in [0.29, 0.717) is 23.5 Å². The number of ether oxygens (including phenoxy) is 1. The minimum absolute atomic E-state index is 0.121. The average Bonchev–Trinajstić information content (AvgIpc) is 2.81. The van der Waals surface area contributed by atoms with E-state index >= 15 is 0 Å². The average molecular weight is 232 g/mol. The van der Waals surface area contributed by atoms with Gasteiger partial charge in [0.25, 0.3) is 0 Å². The maximum Gasteiger partial charge on any atom is 0.159 e. The van der Waals surface area contributed by atoms with E-state index in [9.17, 15) is 10.2 Å². The number of fused-ring (bicyclic) bond motifs is 1. The van der Waals surface area contributed by atoms with Gasteiger partial charge in [0.2, 0.25) is 0 Å². The fourth-order valence-electron chi connectivity index (χ4n) is 2.08. The lowest BCUT2D eigenvalue weighted by Crippen LogP contribution is -2.18. The first-order chi connectivity index (χ1) is 8.24. The molecule has 4 nitrogen and oxygen atoms in total. The number of aliphatic hydroxyl groups is 1. The lowest BCUT2D eigenvalue weighted by Gasteiger charge is -2.28. The molecular weight excluding hydrogens is 220 g/mol. The van der Waals surface area contributed by atoms with Crippen LogP contribution in [0.15, 0.2) is 41.0 Å². The zero-order valence-corrected chi connectivity index (χ0v) is 9.04. The van der Waals surface area contributed by atoms with Crippen molar-refractivity contribution in [3.05, 3.63) is 47.9 Å². The molecule has 17 heavy (non-hydrogen) atoms. The molecule has 0 fully saturated rings. The number of benzene rings is 1. The Morgan fingerprint density at radius 1 is 1.24 bits per heavy atom. The summed E-state index contributed by atoms with van der Waals surface area (Å²) in [5.74, 6) is 1.30. The minimum Gasteiger partial charge on any atom is -0.508 e. The van der Waals surface area contributed by atoms with E-state index in [1.165, 1.54) is 6.07 Å². The van der Waals surface area contributed by atoms with E-state index in [1.54, 1.807) is 24.5 Å². The van der Waals surface area contributed by atoms with Gasteiger partial charge in [-0.1, -0.05) is 0 Å². The first-order valence-corrected chi connectivity index (χ1v) is 5.45. The summed E-state index contributed by atoms with van der Waals surface area (Å²) in [6.07, 6.45) is 1.11. The Morgan fingerprint density at radius 2 is 2.12 bits per heavy atom. The second kappa shape index (κ2) is 3.82. The van der Waals surface area contributed by atoms with Crippen LogP contribution in [0.5, 0.6) is 11.5 Å². The van der Waals surface area contributed by atoms with Gasteiger partial charge in [-0.2, -0.15) is 0 Å². The number of phenolic OH excluding ortho intramolecular Hbond substituents is 1. The highest BCUT2D eigenvalue weighted by atomic mass is 16.5. The Bertz CT molecular complexity index is 518. The normalized spacial score (nSPS) is 22.9. The number of phenols is 1. The Hall–Kier alpha value is -1.94. The molecule has 0 radical (unpaired) electrons. The van der Waals surface area contributed by atoms with E-state index in [1.807, 2.05) is 6.07 Å². The maximum atomic E-state index is 10.0. The predicted molar refractivity (Wildman–Crippen MR) is 59.8 cm³/mol. The molecule has 1 aliphatic heterocycles. The standard InChI is InChI=1S/C13H12O4/c14-8-3-4-9-10(15)7-13(17-12(9)6-8)11-2-1-5-16-11/h1-6,10,13-15H,7H2/t10-,13-/m1/s1. The van der Waals surface area contributed by atoms with Crippen molar-refractivity contribution in [2.75, 3.05) is 0 Å². The molecule has 1 aromatic heterocycles. The van der Waals surface area contributed by atoms with Crippen LogP contribution in [0.1, 0.15) is 30.0 Å². The number of hydrogen-bond donors (Lipinski definition) is 2. The highest BCUT2D eigenvalue weighted by Gasteiger charge is 2.29. The van der Waals surface area contributed by atoms with Gasteiger partial charge in [0.1, 0.15) is 17.3 Å². The Labute approximate surface area is 98.1 Å². The van der Waals surface area contributed by atoms with Gasteiger partial charge >= 0.3 is 0 Å². The molecule has 2 N–H and O–H groups in total. The molecule has 4 heteroatoms. The molecule has 0 amide bonds. The van der Waals surface area contributed by atoms with Gasteiger partial charge in [-0.05, 0) is 24.3 Å². The SMILES string of the molecule is Oc1ccc2c(c1)O[C@@H](c1ccco1)C[C@H]2O. The molecule has 2 heterocycles. The van der Waals surface area contributed by atoms with Crippen LogP contribution in [-0.2, 0) is 0 Å². The lowest BCUT2D eigenvalue weighted by molar-refractivity contribution is 0.0544. The van der Waals surface area contributed by atoms with Gasteiger partial charge in [0.05, 0.1) is 12.4 Å². The van der Waals surface area contributed by atoms with Crippen molar-refractivity contribution in [2.24, 2.45) is 0 Å². The van der Waals surface area contributed by atoms with E-state index in [-0.39, 0.29) is 11.9 Å². The third-order valence-corrected chi connectivity index (χ3v) is 2.92. The summed E-state index contributed by atoms with van der Waals surface area (Å²) in [5, 5.41) is 19.4. The number of aromatic hydroxyl groups is 1.